The summed E-state index contributed by atoms with van der Waals surface area (Å²) in [5, 5.41) is 16.8. The van der Waals surface area contributed by atoms with Crippen LogP contribution in [0.25, 0.3) is 0 Å². The zero-order chi connectivity index (χ0) is 19.6. The Bertz CT molecular complexity index is 288. The fourth-order valence-electron chi connectivity index (χ4n) is 2.41. The standard InChI is InChI=1S/C15H32.C6H12O4/c1-4-5-6-7-8-9-10-11-12-13-14-15(2)3;1-6(2,4-8)10-5(9)3-7/h15H,4-14H2,1-3H3;7-8H,3-4H2,1-2H3. The monoisotopic (exact) mass is 360 g/mol. The highest BCUT2D eigenvalue weighted by molar-refractivity contribution is 5.70. The summed E-state index contributed by atoms with van der Waals surface area (Å²) >= 11 is 0. The Labute approximate surface area is 156 Å². The van der Waals surface area contributed by atoms with Crippen LogP contribution in [0.15, 0.2) is 0 Å². The van der Waals surface area contributed by atoms with Crippen LogP contribution in [0.4, 0.5) is 0 Å². The van der Waals surface area contributed by atoms with E-state index in [0.717, 1.165) is 5.92 Å². The van der Waals surface area contributed by atoms with Gasteiger partial charge in [0.1, 0.15) is 12.2 Å². The predicted molar refractivity (Wildman–Crippen MR) is 106 cm³/mol. The van der Waals surface area contributed by atoms with Crippen LogP contribution in [0.5, 0.6) is 0 Å². The van der Waals surface area contributed by atoms with Gasteiger partial charge in [-0.15, -0.1) is 0 Å². The molecule has 0 saturated heterocycles. The molecule has 25 heavy (non-hydrogen) atoms. The highest BCUT2D eigenvalue weighted by Gasteiger charge is 2.20. The van der Waals surface area contributed by atoms with Crippen LogP contribution in [0.3, 0.4) is 0 Å². The van der Waals surface area contributed by atoms with Crippen molar-refractivity contribution >= 4 is 5.97 Å². The third-order valence-electron chi connectivity index (χ3n) is 4.04. The first-order valence-electron chi connectivity index (χ1n) is 10.2. The van der Waals surface area contributed by atoms with E-state index in [-0.39, 0.29) is 6.61 Å². The van der Waals surface area contributed by atoms with Crippen molar-refractivity contribution in [3.05, 3.63) is 0 Å². The summed E-state index contributed by atoms with van der Waals surface area (Å²) in [5.74, 6) is 0.179. The zero-order valence-electron chi connectivity index (χ0n) is 17.5. The Balaban J connectivity index is 0. The van der Waals surface area contributed by atoms with Crippen molar-refractivity contribution in [2.24, 2.45) is 5.92 Å². The second kappa shape index (κ2) is 18.2. The minimum Gasteiger partial charge on any atom is -0.456 e. The average molecular weight is 361 g/mol. The lowest BCUT2D eigenvalue weighted by Crippen LogP contribution is -2.33. The molecule has 0 spiro atoms. The van der Waals surface area contributed by atoms with Gasteiger partial charge < -0.3 is 14.9 Å². The summed E-state index contributed by atoms with van der Waals surface area (Å²) in [5.41, 5.74) is -0.889. The highest BCUT2D eigenvalue weighted by Crippen LogP contribution is 2.13. The molecule has 152 valence electrons. The van der Waals surface area contributed by atoms with E-state index in [9.17, 15) is 4.79 Å². The maximum atomic E-state index is 10.4. The Morgan fingerprint density at radius 3 is 1.68 bits per heavy atom. The summed E-state index contributed by atoms with van der Waals surface area (Å²) < 4.78 is 4.60. The fourth-order valence-corrected chi connectivity index (χ4v) is 2.41. The zero-order valence-corrected chi connectivity index (χ0v) is 17.5. The molecule has 0 rings (SSSR count). The normalized spacial score (nSPS) is 11.2. The summed E-state index contributed by atoms with van der Waals surface area (Å²) in [6.45, 7) is 9.15. The minimum absolute atomic E-state index is 0.251. The molecule has 0 aliphatic carbocycles. The lowest BCUT2D eigenvalue weighted by atomic mass is 10.0. The van der Waals surface area contributed by atoms with Crippen molar-refractivity contribution in [3.63, 3.8) is 0 Å². The van der Waals surface area contributed by atoms with Crippen molar-refractivity contribution in [1.29, 1.82) is 0 Å². The third-order valence-corrected chi connectivity index (χ3v) is 4.04. The summed E-state index contributed by atoms with van der Waals surface area (Å²) in [7, 11) is 0. The quantitative estimate of drug-likeness (QED) is 0.328. The molecule has 0 bridgehead atoms. The Hall–Kier alpha value is -0.610. The largest absolute Gasteiger partial charge is 0.456 e. The molecule has 0 unspecified atom stereocenters. The number of carbonyl (C=O) groups is 1. The summed E-state index contributed by atoms with van der Waals surface area (Å²) in [6, 6.07) is 0. The van der Waals surface area contributed by atoms with Crippen LogP contribution in [0.2, 0.25) is 0 Å². The summed E-state index contributed by atoms with van der Waals surface area (Å²) in [6.07, 6.45) is 16.0. The van der Waals surface area contributed by atoms with Gasteiger partial charge in [-0.2, -0.15) is 0 Å². The molecule has 0 aromatic rings. The van der Waals surface area contributed by atoms with Crippen LogP contribution in [-0.2, 0) is 9.53 Å². The van der Waals surface area contributed by atoms with E-state index in [1.54, 1.807) is 13.8 Å². The second-order valence-corrected chi connectivity index (χ2v) is 7.91. The molecule has 0 aliphatic rings. The van der Waals surface area contributed by atoms with Gasteiger partial charge in [0, 0.05) is 0 Å². The highest BCUT2D eigenvalue weighted by atomic mass is 16.6. The number of rotatable bonds is 14. The van der Waals surface area contributed by atoms with E-state index in [0.29, 0.717) is 0 Å². The SMILES string of the molecule is CC(C)(CO)OC(=O)CO.CCCCCCCCCCCCC(C)C. The van der Waals surface area contributed by atoms with Crippen molar-refractivity contribution in [1.82, 2.24) is 0 Å². The number of ether oxygens (including phenoxy) is 1. The number of carbonyl (C=O) groups excluding carboxylic acids is 1. The molecule has 0 fully saturated rings. The van der Waals surface area contributed by atoms with Crippen LogP contribution < -0.4 is 0 Å². The number of hydrogen-bond donors (Lipinski definition) is 2. The van der Waals surface area contributed by atoms with Gasteiger partial charge in [0.2, 0.25) is 0 Å². The van der Waals surface area contributed by atoms with E-state index in [4.69, 9.17) is 10.2 Å². The minimum atomic E-state index is -0.889. The van der Waals surface area contributed by atoms with Crippen LogP contribution in [-0.4, -0.2) is 35.0 Å². The Morgan fingerprint density at radius 2 is 1.32 bits per heavy atom. The number of unbranched alkanes of at least 4 members (excludes halogenated alkanes) is 9. The van der Waals surface area contributed by atoms with Crippen LogP contribution in [0.1, 0.15) is 105 Å². The van der Waals surface area contributed by atoms with E-state index < -0.39 is 18.2 Å². The van der Waals surface area contributed by atoms with Gasteiger partial charge >= 0.3 is 5.97 Å². The van der Waals surface area contributed by atoms with Crippen molar-refractivity contribution in [2.75, 3.05) is 13.2 Å². The maximum absolute atomic E-state index is 10.4. The molecule has 0 amide bonds. The lowest BCUT2D eigenvalue weighted by Gasteiger charge is -2.21. The predicted octanol–water partition coefficient (Wildman–Crippen LogP) is 5.25. The number of hydrogen-bond acceptors (Lipinski definition) is 4. The van der Waals surface area contributed by atoms with Crippen LogP contribution >= 0.6 is 0 Å². The molecule has 0 aromatic carbocycles. The van der Waals surface area contributed by atoms with E-state index in [1.807, 2.05) is 0 Å². The Morgan fingerprint density at radius 1 is 0.880 bits per heavy atom. The third kappa shape index (κ3) is 23.4. The molecular weight excluding hydrogens is 316 g/mol. The molecule has 0 atom stereocenters. The maximum Gasteiger partial charge on any atom is 0.332 e. The molecule has 4 nitrogen and oxygen atoms in total. The molecule has 4 heteroatoms. The van der Waals surface area contributed by atoms with Gasteiger partial charge in [-0.25, -0.2) is 4.79 Å². The molecule has 0 aliphatic heterocycles. The molecular formula is C21H44O4. The van der Waals surface area contributed by atoms with Gasteiger partial charge in [0.05, 0.1) is 6.61 Å². The molecule has 2 N–H and O–H groups in total. The van der Waals surface area contributed by atoms with Gasteiger partial charge in [0.15, 0.2) is 0 Å². The molecule has 0 heterocycles. The number of aliphatic hydroxyl groups excluding tert-OH is 2. The van der Waals surface area contributed by atoms with E-state index >= 15 is 0 Å². The second-order valence-electron chi connectivity index (χ2n) is 7.91. The molecule has 0 aromatic heterocycles. The van der Waals surface area contributed by atoms with Gasteiger partial charge in [0.25, 0.3) is 0 Å². The molecule has 0 saturated carbocycles. The summed E-state index contributed by atoms with van der Waals surface area (Å²) in [4.78, 5) is 10.4. The van der Waals surface area contributed by atoms with Crippen LogP contribution in [0, 0.1) is 5.92 Å². The first-order valence-corrected chi connectivity index (χ1v) is 10.2. The Kier molecular flexibility index (Phi) is 19.4. The topological polar surface area (TPSA) is 66.8 Å². The lowest BCUT2D eigenvalue weighted by molar-refractivity contribution is -0.163. The van der Waals surface area contributed by atoms with Gasteiger partial charge in [-0.1, -0.05) is 91.4 Å². The van der Waals surface area contributed by atoms with Gasteiger partial charge in [-0.3, -0.25) is 0 Å². The first kappa shape index (κ1) is 26.6. The van der Waals surface area contributed by atoms with Crippen molar-refractivity contribution in [2.45, 2.75) is 111 Å². The number of aliphatic hydroxyl groups is 2. The average Bonchev–Trinajstić information content (AvgIpc) is 2.56. The van der Waals surface area contributed by atoms with Crippen molar-refractivity contribution < 1.29 is 19.7 Å². The fraction of sp³-hybridized carbons (Fsp3) is 0.952. The smallest absolute Gasteiger partial charge is 0.332 e. The van der Waals surface area contributed by atoms with Gasteiger partial charge in [-0.05, 0) is 19.8 Å². The number of esters is 1. The first-order chi connectivity index (χ1) is 11.8. The van der Waals surface area contributed by atoms with E-state index in [2.05, 4.69) is 25.5 Å². The molecule has 0 radical (unpaired) electrons. The van der Waals surface area contributed by atoms with Crippen molar-refractivity contribution in [3.8, 4) is 0 Å². The van der Waals surface area contributed by atoms with E-state index in [1.165, 1.54) is 70.6 Å².